The van der Waals surface area contributed by atoms with Crippen molar-refractivity contribution in [3.8, 4) is 0 Å². The van der Waals surface area contributed by atoms with E-state index in [1.165, 1.54) is 11.0 Å². The summed E-state index contributed by atoms with van der Waals surface area (Å²) < 4.78 is 4.97. The third kappa shape index (κ3) is 2.79. The van der Waals surface area contributed by atoms with E-state index < -0.39 is 5.91 Å². The third-order valence-corrected chi connectivity index (χ3v) is 4.98. The molecule has 0 saturated heterocycles. The van der Waals surface area contributed by atoms with Crippen LogP contribution in [0.2, 0.25) is 0 Å². The Labute approximate surface area is 150 Å². The molecule has 1 saturated carbocycles. The van der Waals surface area contributed by atoms with Crippen molar-refractivity contribution in [3.63, 3.8) is 0 Å². The zero-order chi connectivity index (χ0) is 18.3. The molecule has 4 rings (SSSR count). The average molecular weight is 353 g/mol. The number of amides is 3. The Balaban J connectivity index is 1.58. The second-order valence-electron chi connectivity index (χ2n) is 6.82. The van der Waals surface area contributed by atoms with Gasteiger partial charge in [0.1, 0.15) is 0 Å². The molecular weight excluding hydrogens is 334 g/mol. The number of carbonyl (C=O) groups is 3. The standard InChI is InChI=1S/C19H19N3O4/c1-11-9-16(26-21-11)20-17(23)12-7-8-14-15(10-12)19(25)22(18(14)24)13-5-3-2-4-6-13/h7-10,13H,2-6H2,1H3,(H,20,23). The topological polar surface area (TPSA) is 92.5 Å². The summed E-state index contributed by atoms with van der Waals surface area (Å²) in [4.78, 5) is 39.2. The lowest BCUT2D eigenvalue weighted by Gasteiger charge is -2.29. The first-order valence-corrected chi connectivity index (χ1v) is 8.81. The van der Waals surface area contributed by atoms with Gasteiger partial charge >= 0.3 is 0 Å². The molecule has 7 nitrogen and oxygen atoms in total. The van der Waals surface area contributed by atoms with Crippen LogP contribution >= 0.6 is 0 Å². The van der Waals surface area contributed by atoms with E-state index >= 15 is 0 Å². The number of carbonyl (C=O) groups excluding carboxylic acids is 3. The van der Waals surface area contributed by atoms with Gasteiger partial charge in [0.2, 0.25) is 5.88 Å². The van der Waals surface area contributed by atoms with E-state index in [2.05, 4.69) is 10.5 Å². The number of rotatable bonds is 3. The molecule has 0 unspecified atom stereocenters. The van der Waals surface area contributed by atoms with Crippen molar-refractivity contribution in [1.82, 2.24) is 10.1 Å². The van der Waals surface area contributed by atoms with E-state index in [1.54, 1.807) is 25.1 Å². The first-order valence-electron chi connectivity index (χ1n) is 8.81. The van der Waals surface area contributed by atoms with Crippen LogP contribution in [0, 0.1) is 6.92 Å². The smallest absolute Gasteiger partial charge is 0.261 e. The zero-order valence-electron chi connectivity index (χ0n) is 14.4. The number of hydrogen-bond donors (Lipinski definition) is 1. The molecule has 0 spiro atoms. The van der Waals surface area contributed by atoms with Crippen molar-refractivity contribution in [2.75, 3.05) is 5.32 Å². The highest BCUT2D eigenvalue weighted by molar-refractivity contribution is 6.22. The molecule has 1 aromatic carbocycles. The summed E-state index contributed by atoms with van der Waals surface area (Å²) in [5.74, 6) is -0.740. The second-order valence-corrected chi connectivity index (χ2v) is 6.82. The fourth-order valence-corrected chi connectivity index (χ4v) is 3.68. The van der Waals surface area contributed by atoms with Gasteiger partial charge < -0.3 is 4.52 Å². The Morgan fingerprint density at radius 3 is 2.54 bits per heavy atom. The molecule has 26 heavy (non-hydrogen) atoms. The van der Waals surface area contributed by atoms with Gasteiger partial charge in [-0.15, -0.1) is 0 Å². The van der Waals surface area contributed by atoms with Crippen molar-refractivity contribution < 1.29 is 18.9 Å². The van der Waals surface area contributed by atoms with Crippen molar-refractivity contribution in [1.29, 1.82) is 0 Å². The van der Waals surface area contributed by atoms with Crippen LogP contribution < -0.4 is 5.32 Å². The Morgan fingerprint density at radius 2 is 1.85 bits per heavy atom. The predicted octanol–water partition coefficient (Wildman–Crippen LogP) is 3.16. The largest absolute Gasteiger partial charge is 0.338 e. The number of fused-ring (bicyclic) bond motifs is 1. The van der Waals surface area contributed by atoms with Gasteiger partial charge in [0.15, 0.2) is 0 Å². The Bertz CT molecular complexity index is 896. The van der Waals surface area contributed by atoms with E-state index in [9.17, 15) is 14.4 Å². The Morgan fingerprint density at radius 1 is 1.12 bits per heavy atom. The van der Waals surface area contributed by atoms with Crippen LogP contribution in [-0.4, -0.2) is 33.8 Å². The van der Waals surface area contributed by atoms with Gasteiger partial charge in [-0.25, -0.2) is 0 Å². The molecule has 3 amide bonds. The van der Waals surface area contributed by atoms with Crippen LogP contribution in [0.25, 0.3) is 0 Å². The summed E-state index contributed by atoms with van der Waals surface area (Å²) >= 11 is 0. The van der Waals surface area contributed by atoms with E-state index in [0.29, 0.717) is 22.4 Å². The van der Waals surface area contributed by atoms with Crippen LogP contribution in [0.4, 0.5) is 5.88 Å². The summed E-state index contributed by atoms with van der Waals surface area (Å²) in [5.41, 5.74) is 1.61. The van der Waals surface area contributed by atoms with E-state index in [1.807, 2.05) is 0 Å². The molecule has 1 fully saturated rings. The molecule has 2 aliphatic rings. The fourth-order valence-electron chi connectivity index (χ4n) is 3.68. The van der Waals surface area contributed by atoms with Crippen molar-refractivity contribution >= 4 is 23.6 Å². The minimum absolute atomic E-state index is 0.0365. The molecule has 2 heterocycles. The van der Waals surface area contributed by atoms with Gasteiger partial charge in [-0.1, -0.05) is 24.4 Å². The minimum atomic E-state index is -0.416. The van der Waals surface area contributed by atoms with Crippen LogP contribution in [0.1, 0.15) is 68.9 Å². The van der Waals surface area contributed by atoms with Gasteiger partial charge in [0.05, 0.1) is 16.8 Å². The first-order chi connectivity index (χ1) is 12.5. The SMILES string of the molecule is Cc1cc(NC(=O)c2ccc3c(c2)C(=O)N(C2CCCCC2)C3=O)on1. The number of aromatic nitrogens is 1. The molecule has 0 bridgehead atoms. The molecule has 134 valence electrons. The molecule has 1 N–H and O–H groups in total. The molecular formula is C19H19N3O4. The molecule has 1 aliphatic carbocycles. The third-order valence-electron chi connectivity index (χ3n) is 4.98. The van der Waals surface area contributed by atoms with Crippen molar-refractivity contribution in [2.45, 2.75) is 45.1 Å². The van der Waals surface area contributed by atoms with Crippen LogP contribution in [-0.2, 0) is 0 Å². The highest BCUT2D eigenvalue weighted by atomic mass is 16.5. The quantitative estimate of drug-likeness (QED) is 0.856. The first kappa shape index (κ1) is 16.5. The van der Waals surface area contributed by atoms with Crippen molar-refractivity contribution in [2.24, 2.45) is 0 Å². The molecule has 1 aliphatic heterocycles. The predicted molar refractivity (Wildman–Crippen MR) is 93.0 cm³/mol. The average Bonchev–Trinajstić information content (AvgIpc) is 3.16. The molecule has 0 atom stereocenters. The maximum absolute atomic E-state index is 12.8. The highest BCUT2D eigenvalue weighted by Gasteiger charge is 2.40. The van der Waals surface area contributed by atoms with Crippen LogP contribution in [0.15, 0.2) is 28.8 Å². The number of anilines is 1. The molecule has 0 radical (unpaired) electrons. The number of nitrogens with zero attached hydrogens (tertiary/aromatic N) is 2. The van der Waals surface area contributed by atoms with Gasteiger partial charge in [-0.05, 0) is 38.0 Å². The number of aryl methyl sites for hydroxylation is 1. The maximum atomic E-state index is 12.8. The van der Waals surface area contributed by atoms with Crippen molar-refractivity contribution in [3.05, 3.63) is 46.6 Å². The lowest BCUT2D eigenvalue weighted by atomic mass is 9.94. The monoisotopic (exact) mass is 353 g/mol. The Hall–Kier alpha value is -2.96. The van der Waals surface area contributed by atoms with Crippen LogP contribution in [0.5, 0.6) is 0 Å². The lowest BCUT2D eigenvalue weighted by Crippen LogP contribution is -2.40. The van der Waals surface area contributed by atoms with Gasteiger partial charge in [0, 0.05) is 17.7 Å². The minimum Gasteiger partial charge on any atom is -0.338 e. The number of benzene rings is 1. The van der Waals surface area contributed by atoms with E-state index in [0.717, 1.165) is 32.1 Å². The summed E-state index contributed by atoms with van der Waals surface area (Å²) in [6.07, 6.45) is 4.91. The molecule has 1 aromatic heterocycles. The summed E-state index contributed by atoms with van der Waals surface area (Å²) in [6.45, 7) is 1.75. The molecule has 2 aromatic rings. The summed E-state index contributed by atoms with van der Waals surface area (Å²) in [6, 6.07) is 6.15. The number of hydrogen-bond acceptors (Lipinski definition) is 5. The maximum Gasteiger partial charge on any atom is 0.261 e. The summed E-state index contributed by atoms with van der Waals surface area (Å²) in [5, 5.41) is 6.30. The van der Waals surface area contributed by atoms with Gasteiger partial charge in [-0.3, -0.25) is 24.6 Å². The number of nitrogens with one attached hydrogen (secondary N) is 1. The highest BCUT2D eigenvalue weighted by Crippen LogP contribution is 2.31. The number of imide groups is 1. The fraction of sp³-hybridized carbons (Fsp3) is 0.368. The van der Waals surface area contributed by atoms with Crippen LogP contribution in [0.3, 0.4) is 0 Å². The zero-order valence-corrected chi connectivity index (χ0v) is 14.4. The van der Waals surface area contributed by atoms with E-state index in [4.69, 9.17) is 4.52 Å². The van der Waals surface area contributed by atoms with Gasteiger partial charge in [-0.2, -0.15) is 0 Å². The lowest BCUT2D eigenvalue weighted by molar-refractivity contribution is 0.0549. The normalized spacial score (nSPS) is 17.5. The Kier molecular flexibility index (Phi) is 4.06. The molecule has 7 heteroatoms. The summed E-state index contributed by atoms with van der Waals surface area (Å²) in [7, 11) is 0. The second kappa shape index (κ2) is 6.40. The van der Waals surface area contributed by atoms with Gasteiger partial charge in [0.25, 0.3) is 17.7 Å². The van der Waals surface area contributed by atoms with E-state index in [-0.39, 0.29) is 23.7 Å².